The lowest BCUT2D eigenvalue weighted by Crippen LogP contribution is -2.26. The molecule has 0 saturated carbocycles. The van der Waals surface area contributed by atoms with Gasteiger partial charge in [0, 0.05) is 13.1 Å². The van der Waals surface area contributed by atoms with Crippen LogP contribution in [0, 0.1) is 24.0 Å². The van der Waals surface area contributed by atoms with Crippen molar-refractivity contribution < 1.29 is 9.72 Å². The summed E-state index contributed by atoms with van der Waals surface area (Å²) in [7, 11) is 0. The summed E-state index contributed by atoms with van der Waals surface area (Å²) in [6, 6.07) is 0. The fraction of sp³-hybridized carbons (Fsp3) is 0.417. The van der Waals surface area contributed by atoms with Crippen LogP contribution in [0.15, 0.2) is 4.47 Å². The minimum absolute atomic E-state index is 0.0327. The summed E-state index contributed by atoms with van der Waals surface area (Å²) in [5.74, 6) is -0.847. The van der Waals surface area contributed by atoms with E-state index in [1.54, 1.807) is 4.68 Å². The van der Waals surface area contributed by atoms with Gasteiger partial charge in [-0.3, -0.25) is 9.48 Å². The van der Waals surface area contributed by atoms with Gasteiger partial charge in [-0.2, -0.15) is 5.10 Å². The van der Waals surface area contributed by atoms with Crippen molar-refractivity contribution in [1.82, 2.24) is 25.3 Å². The lowest BCUT2D eigenvalue weighted by molar-refractivity contribution is -0.390. The average molecular weight is 406 g/mol. The van der Waals surface area contributed by atoms with Gasteiger partial charge in [0.15, 0.2) is 5.69 Å². The smallest absolute Gasteiger partial charge is 0.357 e. The first-order valence-corrected chi connectivity index (χ1v) is 7.86. The highest BCUT2D eigenvalue weighted by Crippen LogP contribution is 2.25. The molecule has 9 nitrogen and oxygen atoms in total. The highest BCUT2D eigenvalue weighted by Gasteiger charge is 2.24. The van der Waals surface area contributed by atoms with Crippen LogP contribution < -0.4 is 5.32 Å². The molecule has 124 valence electrons. The number of hydrogen-bond acceptors (Lipinski definition) is 5. The van der Waals surface area contributed by atoms with Crippen molar-refractivity contribution in [3.8, 4) is 0 Å². The van der Waals surface area contributed by atoms with Crippen LogP contribution >= 0.6 is 27.5 Å². The van der Waals surface area contributed by atoms with Crippen LogP contribution in [0.5, 0.6) is 0 Å². The van der Waals surface area contributed by atoms with Crippen molar-refractivity contribution in [2.45, 2.75) is 26.8 Å². The standard InChI is InChI=1S/C12H14BrClN6O3/c1-6-9(14)7(2)19(18-6)5-3-4-15-12(21)10-8(13)11(17-16-10)20(22)23/h3-5H2,1-2H3,(H,15,21)(H,16,17). The molecule has 0 aliphatic carbocycles. The maximum absolute atomic E-state index is 11.9. The molecule has 0 aliphatic rings. The van der Waals surface area contributed by atoms with E-state index >= 15 is 0 Å². The lowest BCUT2D eigenvalue weighted by Gasteiger charge is -2.05. The molecule has 0 atom stereocenters. The molecule has 23 heavy (non-hydrogen) atoms. The number of H-pyrrole nitrogens is 1. The van der Waals surface area contributed by atoms with Crippen LogP contribution in [-0.2, 0) is 6.54 Å². The third-order valence-corrected chi connectivity index (χ3v) is 4.51. The van der Waals surface area contributed by atoms with Gasteiger partial charge in [-0.25, -0.2) is 0 Å². The third kappa shape index (κ3) is 3.70. The predicted molar refractivity (Wildman–Crippen MR) is 86.6 cm³/mol. The van der Waals surface area contributed by atoms with Crippen LogP contribution in [0.3, 0.4) is 0 Å². The van der Waals surface area contributed by atoms with Gasteiger partial charge >= 0.3 is 5.82 Å². The second kappa shape index (κ2) is 7.09. The average Bonchev–Trinajstić information content (AvgIpc) is 2.99. The predicted octanol–water partition coefficient (Wildman–Crippen LogP) is 2.37. The topological polar surface area (TPSA) is 119 Å². The van der Waals surface area contributed by atoms with Crippen LogP contribution in [0.4, 0.5) is 5.82 Å². The molecule has 0 unspecified atom stereocenters. The first-order chi connectivity index (χ1) is 10.8. The summed E-state index contributed by atoms with van der Waals surface area (Å²) < 4.78 is 1.81. The lowest BCUT2D eigenvalue weighted by atomic mass is 10.3. The number of nitrogens with zero attached hydrogens (tertiary/aromatic N) is 4. The molecule has 2 rings (SSSR count). The second-order valence-electron chi connectivity index (χ2n) is 4.81. The van der Waals surface area contributed by atoms with Gasteiger partial charge in [-0.15, -0.1) is 5.10 Å². The molecule has 0 saturated heterocycles. The number of amides is 1. The molecule has 0 aromatic carbocycles. The van der Waals surface area contributed by atoms with Crippen molar-refractivity contribution in [2.24, 2.45) is 0 Å². The molecule has 2 heterocycles. The number of nitro groups is 1. The second-order valence-corrected chi connectivity index (χ2v) is 5.98. The number of hydrogen-bond donors (Lipinski definition) is 2. The summed E-state index contributed by atoms with van der Waals surface area (Å²) in [6.07, 6.45) is 0.633. The number of nitrogens with one attached hydrogen (secondary N) is 2. The van der Waals surface area contributed by atoms with Crippen molar-refractivity contribution in [3.63, 3.8) is 0 Å². The van der Waals surface area contributed by atoms with Crippen LogP contribution in [0.2, 0.25) is 5.02 Å². The van der Waals surface area contributed by atoms with E-state index in [9.17, 15) is 14.9 Å². The molecule has 0 spiro atoms. The Kier molecular flexibility index (Phi) is 5.37. The van der Waals surface area contributed by atoms with Crippen LogP contribution in [-0.4, -0.2) is 37.4 Å². The van der Waals surface area contributed by atoms with Gasteiger partial charge in [0.1, 0.15) is 4.47 Å². The first-order valence-electron chi connectivity index (χ1n) is 6.69. The fourth-order valence-electron chi connectivity index (χ4n) is 2.00. The Labute approximate surface area is 144 Å². The molecule has 2 aromatic rings. The largest absolute Gasteiger partial charge is 0.358 e. The van der Waals surface area contributed by atoms with Crippen LogP contribution in [0.1, 0.15) is 28.3 Å². The van der Waals surface area contributed by atoms with Crippen LogP contribution in [0.25, 0.3) is 0 Å². The van der Waals surface area contributed by atoms with E-state index in [-0.39, 0.29) is 16.0 Å². The van der Waals surface area contributed by atoms with Gasteiger partial charge in [0.2, 0.25) is 0 Å². The quantitative estimate of drug-likeness (QED) is 0.434. The minimum atomic E-state index is -0.652. The maximum atomic E-state index is 11.9. The van der Waals surface area contributed by atoms with E-state index in [0.29, 0.717) is 24.5 Å². The summed E-state index contributed by atoms with van der Waals surface area (Å²) in [4.78, 5) is 22.0. The molecular formula is C12H14BrClN6O3. The van der Waals surface area contributed by atoms with Crippen molar-refractivity contribution >= 4 is 39.3 Å². The van der Waals surface area contributed by atoms with E-state index in [2.05, 4.69) is 36.5 Å². The number of aromatic nitrogens is 4. The van der Waals surface area contributed by atoms with Crippen molar-refractivity contribution in [2.75, 3.05) is 6.54 Å². The summed E-state index contributed by atoms with van der Waals surface area (Å²) in [5, 5.41) is 24.1. The number of rotatable bonds is 6. The zero-order chi connectivity index (χ0) is 17.1. The number of aryl methyl sites for hydroxylation is 2. The van der Waals surface area contributed by atoms with Gasteiger partial charge in [-0.1, -0.05) is 16.7 Å². The Bertz CT molecular complexity index is 756. The maximum Gasteiger partial charge on any atom is 0.357 e. The minimum Gasteiger partial charge on any atom is -0.358 e. The summed E-state index contributed by atoms with van der Waals surface area (Å²) in [5.41, 5.74) is 1.59. The molecule has 2 aromatic heterocycles. The van der Waals surface area contributed by atoms with Gasteiger partial charge in [0.25, 0.3) is 5.91 Å². The number of carbonyl (C=O) groups is 1. The summed E-state index contributed by atoms with van der Waals surface area (Å²) >= 11 is 9.06. The highest BCUT2D eigenvalue weighted by molar-refractivity contribution is 9.10. The fourth-order valence-corrected chi connectivity index (χ4v) is 2.64. The van der Waals surface area contributed by atoms with E-state index in [4.69, 9.17) is 11.6 Å². The Balaban J connectivity index is 1.88. The Morgan fingerprint density at radius 2 is 2.22 bits per heavy atom. The number of carbonyl (C=O) groups excluding carboxylic acids is 1. The Morgan fingerprint density at radius 3 is 2.74 bits per heavy atom. The van der Waals surface area contributed by atoms with E-state index in [0.717, 1.165) is 11.4 Å². The van der Waals surface area contributed by atoms with Gasteiger partial charge < -0.3 is 15.4 Å². The molecule has 11 heteroatoms. The third-order valence-electron chi connectivity index (χ3n) is 3.21. The first kappa shape index (κ1) is 17.4. The molecule has 1 amide bonds. The normalized spacial score (nSPS) is 10.8. The molecule has 0 bridgehead atoms. The van der Waals surface area contributed by atoms with Crippen molar-refractivity contribution in [3.05, 3.63) is 36.7 Å². The van der Waals surface area contributed by atoms with Gasteiger partial charge in [-0.05, 0) is 41.1 Å². The summed E-state index contributed by atoms with van der Waals surface area (Å²) in [6.45, 7) is 4.68. The van der Waals surface area contributed by atoms with Gasteiger partial charge in [0.05, 0.1) is 16.4 Å². The zero-order valence-electron chi connectivity index (χ0n) is 12.4. The van der Waals surface area contributed by atoms with Crippen molar-refractivity contribution in [1.29, 1.82) is 0 Å². The Morgan fingerprint density at radius 1 is 1.52 bits per heavy atom. The number of halogens is 2. The molecular weight excluding hydrogens is 392 g/mol. The molecule has 2 N–H and O–H groups in total. The molecule has 0 fully saturated rings. The van der Waals surface area contributed by atoms with E-state index < -0.39 is 10.8 Å². The van der Waals surface area contributed by atoms with E-state index in [1.165, 1.54) is 0 Å². The number of aromatic amines is 1. The zero-order valence-corrected chi connectivity index (χ0v) is 14.7. The SMILES string of the molecule is Cc1nn(CCCNC(=O)c2n[nH]c([N+](=O)[O-])c2Br)c(C)c1Cl. The molecule has 0 aliphatic heterocycles. The highest BCUT2D eigenvalue weighted by atomic mass is 79.9. The Hall–Kier alpha value is -1.94. The monoisotopic (exact) mass is 404 g/mol. The molecule has 0 radical (unpaired) electrons. The van der Waals surface area contributed by atoms with E-state index in [1.807, 2.05) is 13.8 Å².